The summed E-state index contributed by atoms with van der Waals surface area (Å²) in [5.74, 6) is 0.933. The minimum absolute atomic E-state index is 0.289. The number of hydrogen-bond acceptors (Lipinski definition) is 3. The lowest BCUT2D eigenvalue weighted by Gasteiger charge is -2.33. The van der Waals surface area contributed by atoms with Crippen LogP contribution < -0.4 is 10.1 Å². The summed E-state index contributed by atoms with van der Waals surface area (Å²) in [7, 11) is 3.86. The van der Waals surface area contributed by atoms with Crippen molar-refractivity contribution in [2.45, 2.75) is 19.9 Å². The molecule has 1 saturated heterocycles. The number of nitrogens with zero attached hydrogens (tertiary/aromatic N) is 1. The van der Waals surface area contributed by atoms with Crippen molar-refractivity contribution in [1.29, 1.82) is 0 Å². The van der Waals surface area contributed by atoms with Crippen molar-refractivity contribution in [3.63, 3.8) is 0 Å². The molecular weight excluding hydrogens is 248 g/mol. The van der Waals surface area contributed by atoms with Crippen LogP contribution >= 0.6 is 11.6 Å². The summed E-state index contributed by atoms with van der Waals surface area (Å²) in [6.45, 7) is 7.15. The molecule has 0 radical (unpaired) electrons. The van der Waals surface area contributed by atoms with Crippen LogP contribution in [0.3, 0.4) is 0 Å². The summed E-state index contributed by atoms with van der Waals surface area (Å²) >= 11 is 6.37. The topological polar surface area (TPSA) is 24.5 Å². The zero-order valence-electron chi connectivity index (χ0n) is 11.5. The molecule has 2 rings (SSSR count). The fourth-order valence-corrected chi connectivity index (χ4v) is 2.79. The van der Waals surface area contributed by atoms with Crippen molar-refractivity contribution in [1.82, 2.24) is 10.2 Å². The van der Waals surface area contributed by atoms with Crippen LogP contribution in [0.2, 0.25) is 5.02 Å². The Morgan fingerprint density at radius 3 is 2.78 bits per heavy atom. The van der Waals surface area contributed by atoms with Crippen LogP contribution in [0.25, 0.3) is 0 Å². The molecule has 1 aliphatic rings. The number of benzene rings is 1. The fraction of sp³-hybridized carbons (Fsp3) is 0.571. The first-order chi connectivity index (χ1) is 8.54. The Morgan fingerprint density at radius 2 is 2.17 bits per heavy atom. The Balaban J connectivity index is 2.45. The van der Waals surface area contributed by atoms with Crippen molar-refractivity contribution >= 4 is 11.6 Å². The van der Waals surface area contributed by atoms with Crippen molar-refractivity contribution in [2.75, 3.05) is 33.8 Å². The molecule has 100 valence electrons. The highest BCUT2D eigenvalue weighted by molar-refractivity contribution is 6.32. The third-order valence-corrected chi connectivity index (χ3v) is 4.22. The van der Waals surface area contributed by atoms with Crippen molar-refractivity contribution in [2.24, 2.45) is 0 Å². The number of nitrogens with one attached hydrogen (secondary N) is 1. The second-order valence-corrected chi connectivity index (χ2v) is 5.40. The van der Waals surface area contributed by atoms with E-state index in [4.69, 9.17) is 16.3 Å². The van der Waals surface area contributed by atoms with E-state index < -0.39 is 0 Å². The zero-order valence-corrected chi connectivity index (χ0v) is 12.3. The lowest BCUT2D eigenvalue weighted by molar-refractivity contribution is 0.237. The largest absolute Gasteiger partial charge is 0.496 e. The van der Waals surface area contributed by atoms with E-state index in [1.807, 2.05) is 13.0 Å². The normalized spacial score (nSPS) is 21.1. The summed E-state index contributed by atoms with van der Waals surface area (Å²) in [5, 5.41) is 4.40. The predicted molar refractivity (Wildman–Crippen MR) is 75.7 cm³/mol. The summed E-state index contributed by atoms with van der Waals surface area (Å²) in [4.78, 5) is 2.33. The molecule has 0 aliphatic carbocycles. The number of aryl methyl sites for hydroxylation is 1. The maximum Gasteiger partial charge on any atom is 0.124 e. The van der Waals surface area contributed by atoms with E-state index in [9.17, 15) is 0 Å². The van der Waals surface area contributed by atoms with Gasteiger partial charge in [0.15, 0.2) is 0 Å². The van der Waals surface area contributed by atoms with Gasteiger partial charge in [0.1, 0.15) is 5.75 Å². The highest BCUT2D eigenvalue weighted by Gasteiger charge is 2.24. The minimum atomic E-state index is 0.289. The molecule has 1 aliphatic heterocycles. The highest BCUT2D eigenvalue weighted by atomic mass is 35.5. The molecule has 3 nitrogen and oxygen atoms in total. The third kappa shape index (κ3) is 2.48. The van der Waals surface area contributed by atoms with Gasteiger partial charge in [-0.3, -0.25) is 0 Å². The van der Waals surface area contributed by atoms with Crippen molar-refractivity contribution in [3.05, 3.63) is 27.8 Å². The van der Waals surface area contributed by atoms with Gasteiger partial charge in [-0.25, -0.2) is 0 Å². The molecule has 18 heavy (non-hydrogen) atoms. The fourth-order valence-electron chi connectivity index (χ4n) is 2.63. The molecule has 1 atom stereocenters. The molecule has 1 fully saturated rings. The van der Waals surface area contributed by atoms with Crippen LogP contribution in [0, 0.1) is 13.8 Å². The predicted octanol–water partition coefficient (Wildman–Crippen LogP) is 2.54. The molecule has 0 amide bonds. The van der Waals surface area contributed by atoms with Crippen molar-refractivity contribution < 1.29 is 4.74 Å². The lowest BCUT2D eigenvalue weighted by atomic mass is 9.96. The van der Waals surface area contributed by atoms with E-state index in [1.165, 1.54) is 5.56 Å². The second kappa shape index (κ2) is 5.47. The number of ether oxygens (including phenoxy) is 1. The Hall–Kier alpha value is -0.770. The first-order valence-corrected chi connectivity index (χ1v) is 6.68. The van der Waals surface area contributed by atoms with Gasteiger partial charge in [0.2, 0.25) is 0 Å². The smallest absolute Gasteiger partial charge is 0.124 e. The molecule has 1 heterocycles. The van der Waals surface area contributed by atoms with Crippen molar-refractivity contribution in [3.8, 4) is 5.75 Å². The number of halogens is 1. The summed E-state index contributed by atoms with van der Waals surface area (Å²) in [6.07, 6.45) is 0. The maximum absolute atomic E-state index is 6.37. The van der Waals surface area contributed by atoms with Gasteiger partial charge in [-0.1, -0.05) is 11.6 Å². The van der Waals surface area contributed by atoms with E-state index in [-0.39, 0.29) is 6.04 Å². The standard InChI is InChI=1S/C14H21ClN2O/c1-9-7-12(18-4)13(10(2)14(9)15)11-8-17(3)6-5-16-11/h7,11,16H,5-6,8H2,1-4H3. The number of rotatable bonds is 2. The van der Waals surface area contributed by atoms with Gasteiger partial charge >= 0.3 is 0 Å². The first-order valence-electron chi connectivity index (χ1n) is 6.30. The van der Waals surface area contributed by atoms with Crippen LogP contribution in [0.15, 0.2) is 6.07 Å². The summed E-state index contributed by atoms with van der Waals surface area (Å²) < 4.78 is 5.53. The molecule has 1 aromatic rings. The highest BCUT2D eigenvalue weighted by Crippen LogP contribution is 2.36. The van der Waals surface area contributed by atoms with Crippen LogP contribution in [0.5, 0.6) is 5.75 Å². The van der Waals surface area contributed by atoms with Crippen LogP contribution in [0.1, 0.15) is 22.7 Å². The molecular formula is C14H21ClN2O. The number of likely N-dealkylation sites (N-methyl/N-ethyl adjacent to an activating group) is 1. The quantitative estimate of drug-likeness (QED) is 0.892. The van der Waals surface area contributed by atoms with E-state index in [0.717, 1.165) is 41.5 Å². The Labute approximate surface area is 114 Å². The van der Waals surface area contributed by atoms with Gasteiger partial charge in [0.25, 0.3) is 0 Å². The van der Waals surface area contributed by atoms with E-state index >= 15 is 0 Å². The van der Waals surface area contributed by atoms with Gasteiger partial charge in [-0.2, -0.15) is 0 Å². The molecule has 0 aromatic heterocycles. The average molecular weight is 269 g/mol. The number of methoxy groups -OCH3 is 1. The zero-order chi connectivity index (χ0) is 13.3. The monoisotopic (exact) mass is 268 g/mol. The van der Waals surface area contributed by atoms with E-state index in [1.54, 1.807) is 7.11 Å². The molecule has 1 unspecified atom stereocenters. The molecule has 0 saturated carbocycles. The summed E-state index contributed by atoms with van der Waals surface area (Å²) in [6, 6.07) is 2.32. The van der Waals surface area contributed by atoms with Gasteiger partial charge in [0.05, 0.1) is 7.11 Å². The lowest BCUT2D eigenvalue weighted by Crippen LogP contribution is -2.44. The van der Waals surface area contributed by atoms with Gasteiger partial charge in [-0.05, 0) is 38.1 Å². The maximum atomic E-state index is 6.37. The molecule has 1 N–H and O–H groups in total. The van der Waals surface area contributed by atoms with E-state index in [0.29, 0.717) is 0 Å². The number of piperazine rings is 1. The van der Waals surface area contributed by atoms with Gasteiger partial charge in [-0.15, -0.1) is 0 Å². The van der Waals surface area contributed by atoms with Gasteiger partial charge < -0.3 is 15.0 Å². The average Bonchev–Trinajstić information content (AvgIpc) is 2.35. The second-order valence-electron chi connectivity index (χ2n) is 5.02. The van der Waals surface area contributed by atoms with Crippen LogP contribution in [0.4, 0.5) is 0 Å². The SMILES string of the molecule is COc1cc(C)c(Cl)c(C)c1C1CN(C)CCN1. The third-order valence-electron chi connectivity index (χ3n) is 3.64. The molecule has 0 spiro atoms. The minimum Gasteiger partial charge on any atom is -0.496 e. The number of hydrogen-bond donors (Lipinski definition) is 1. The van der Waals surface area contributed by atoms with Crippen LogP contribution in [-0.2, 0) is 0 Å². The Bertz CT molecular complexity index is 448. The molecule has 4 heteroatoms. The Morgan fingerprint density at radius 1 is 1.44 bits per heavy atom. The first kappa shape index (κ1) is 13.7. The Kier molecular flexibility index (Phi) is 4.15. The summed E-state index contributed by atoms with van der Waals surface area (Å²) in [5.41, 5.74) is 3.39. The van der Waals surface area contributed by atoms with E-state index in [2.05, 4.69) is 24.2 Å². The molecule has 0 bridgehead atoms. The van der Waals surface area contributed by atoms with Gasteiger partial charge in [0, 0.05) is 36.3 Å². The molecule has 1 aromatic carbocycles. The van der Waals surface area contributed by atoms with Crippen LogP contribution in [-0.4, -0.2) is 38.7 Å².